The summed E-state index contributed by atoms with van der Waals surface area (Å²) in [6, 6.07) is 26.2. The molecule has 48 heavy (non-hydrogen) atoms. The van der Waals surface area contributed by atoms with Gasteiger partial charge < -0.3 is 10.2 Å². The minimum Gasteiger partial charge on any atom is -0.352 e. The van der Waals surface area contributed by atoms with Crippen LogP contribution in [0.3, 0.4) is 0 Å². The summed E-state index contributed by atoms with van der Waals surface area (Å²) in [4.78, 5) is 30.3. The van der Waals surface area contributed by atoms with Crippen LogP contribution >= 0.6 is 0 Å². The maximum atomic E-state index is 15.2. The fraction of sp³-hybridized carbons (Fsp3) is 0.333. The molecule has 0 saturated heterocycles. The van der Waals surface area contributed by atoms with Crippen LogP contribution in [0.15, 0.2) is 102 Å². The Kier molecular flexibility index (Phi) is 11.3. The molecular formula is C39H44FN3O4S. The number of nitrogens with zero attached hydrogens (tertiary/aromatic N) is 2. The van der Waals surface area contributed by atoms with Crippen molar-refractivity contribution in [3.8, 4) is 0 Å². The second kappa shape index (κ2) is 15.6. The predicted octanol–water partition coefficient (Wildman–Crippen LogP) is 7.04. The average Bonchev–Trinajstić information content (AvgIpc) is 3.08. The number of carbonyl (C=O) groups excluding carboxylic acids is 2. The predicted molar refractivity (Wildman–Crippen MR) is 188 cm³/mol. The van der Waals surface area contributed by atoms with Crippen LogP contribution in [0.1, 0.15) is 59.9 Å². The molecule has 1 unspecified atom stereocenters. The van der Waals surface area contributed by atoms with E-state index in [9.17, 15) is 18.0 Å². The number of sulfonamides is 1. The van der Waals surface area contributed by atoms with Crippen LogP contribution in [0.2, 0.25) is 0 Å². The average molecular weight is 670 g/mol. The molecule has 5 rings (SSSR count). The molecule has 0 aliphatic heterocycles. The van der Waals surface area contributed by atoms with Crippen molar-refractivity contribution in [3.05, 3.63) is 131 Å². The Morgan fingerprint density at radius 2 is 1.50 bits per heavy atom. The molecule has 252 valence electrons. The first-order valence-corrected chi connectivity index (χ1v) is 18.0. The molecule has 0 aromatic heterocycles. The lowest BCUT2D eigenvalue weighted by atomic mass is 9.94. The highest BCUT2D eigenvalue weighted by Crippen LogP contribution is 2.28. The minimum absolute atomic E-state index is 0.0242. The van der Waals surface area contributed by atoms with Gasteiger partial charge in [0.15, 0.2) is 0 Å². The minimum atomic E-state index is -4.23. The third kappa shape index (κ3) is 8.50. The molecule has 0 bridgehead atoms. The highest BCUT2D eigenvalue weighted by molar-refractivity contribution is 7.92. The van der Waals surface area contributed by atoms with Gasteiger partial charge in [-0.2, -0.15) is 0 Å². The number of hydrogen-bond donors (Lipinski definition) is 1. The van der Waals surface area contributed by atoms with Crippen molar-refractivity contribution in [3.63, 3.8) is 0 Å². The molecule has 9 heteroatoms. The smallest absolute Gasteiger partial charge is 0.264 e. The zero-order valence-electron chi connectivity index (χ0n) is 27.9. The van der Waals surface area contributed by atoms with E-state index in [1.54, 1.807) is 42.5 Å². The van der Waals surface area contributed by atoms with Crippen LogP contribution in [0.4, 0.5) is 10.1 Å². The third-order valence-corrected chi connectivity index (χ3v) is 11.0. The Bertz CT molecular complexity index is 1820. The van der Waals surface area contributed by atoms with Crippen molar-refractivity contribution in [2.45, 2.75) is 82.8 Å². The summed E-state index contributed by atoms with van der Waals surface area (Å²) in [5.74, 6) is -1.47. The molecule has 7 nitrogen and oxygen atoms in total. The van der Waals surface area contributed by atoms with Gasteiger partial charge in [-0.15, -0.1) is 0 Å². The van der Waals surface area contributed by atoms with E-state index in [-0.39, 0.29) is 35.4 Å². The van der Waals surface area contributed by atoms with Gasteiger partial charge in [-0.25, -0.2) is 12.8 Å². The van der Waals surface area contributed by atoms with E-state index in [1.807, 2.05) is 57.2 Å². The lowest BCUT2D eigenvalue weighted by molar-refractivity contribution is -0.140. The van der Waals surface area contributed by atoms with E-state index in [0.717, 1.165) is 58.7 Å². The Hall–Kier alpha value is -4.50. The second-order valence-corrected chi connectivity index (χ2v) is 14.6. The van der Waals surface area contributed by atoms with E-state index in [0.29, 0.717) is 5.69 Å². The Balaban J connectivity index is 1.58. The summed E-state index contributed by atoms with van der Waals surface area (Å²) in [6.45, 7) is 4.88. The van der Waals surface area contributed by atoms with Crippen LogP contribution in [-0.2, 0) is 32.6 Å². The number of anilines is 1. The standard InChI is InChI=1S/C39H44FN3O4S/c1-28-18-22-35(23-19-28)48(46,47)43(34-21-20-29(2)30(3)24-34)27-38(44)42(26-32-14-10-11-17-36(32)40)37(25-31-12-6-4-7-13-31)39(45)41-33-15-8-5-9-16-33/h4,6-7,10-14,17-24,33,37H,5,8-9,15-16,25-27H2,1-3H3,(H,41,45). The molecule has 1 fully saturated rings. The lowest BCUT2D eigenvalue weighted by Gasteiger charge is -2.35. The van der Waals surface area contributed by atoms with Crippen LogP contribution in [0.25, 0.3) is 0 Å². The largest absolute Gasteiger partial charge is 0.352 e. The summed E-state index contributed by atoms with van der Waals surface area (Å²) >= 11 is 0. The van der Waals surface area contributed by atoms with Crippen molar-refractivity contribution in [2.24, 2.45) is 0 Å². The maximum Gasteiger partial charge on any atom is 0.264 e. The van der Waals surface area contributed by atoms with E-state index >= 15 is 4.39 Å². The Labute approximate surface area is 283 Å². The first-order chi connectivity index (χ1) is 23.0. The number of benzene rings is 4. The van der Waals surface area contributed by atoms with Gasteiger partial charge in [0.05, 0.1) is 10.6 Å². The molecule has 1 aliphatic rings. The number of halogens is 1. The van der Waals surface area contributed by atoms with Gasteiger partial charge in [0, 0.05) is 24.6 Å². The molecule has 0 spiro atoms. The molecule has 4 aromatic carbocycles. The zero-order valence-corrected chi connectivity index (χ0v) is 28.7. The van der Waals surface area contributed by atoms with Gasteiger partial charge in [-0.3, -0.25) is 13.9 Å². The quantitative estimate of drug-likeness (QED) is 0.176. The van der Waals surface area contributed by atoms with E-state index in [4.69, 9.17) is 0 Å². The van der Waals surface area contributed by atoms with E-state index in [1.165, 1.54) is 23.1 Å². The second-order valence-electron chi connectivity index (χ2n) is 12.8. The number of nitrogens with one attached hydrogen (secondary N) is 1. The van der Waals surface area contributed by atoms with Gasteiger partial charge in [0.25, 0.3) is 10.0 Å². The summed E-state index contributed by atoms with van der Waals surface area (Å²) < 4.78 is 44.9. The van der Waals surface area contributed by atoms with E-state index < -0.39 is 34.3 Å². The monoisotopic (exact) mass is 669 g/mol. The number of amides is 2. The maximum absolute atomic E-state index is 15.2. The van der Waals surface area contributed by atoms with Gasteiger partial charge in [0.2, 0.25) is 11.8 Å². The molecule has 0 radical (unpaired) electrons. The van der Waals surface area contributed by atoms with Crippen LogP contribution in [0.5, 0.6) is 0 Å². The molecule has 1 atom stereocenters. The third-order valence-electron chi connectivity index (χ3n) is 9.19. The van der Waals surface area contributed by atoms with Crippen molar-refractivity contribution in [1.29, 1.82) is 0 Å². The molecule has 1 saturated carbocycles. The Morgan fingerprint density at radius 1 is 0.833 bits per heavy atom. The summed E-state index contributed by atoms with van der Waals surface area (Å²) in [5, 5.41) is 3.18. The SMILES string of the molecule is Cc1ccc(S(=O)(=O)N(CC(=O)N(Cc2ccccc2F)C(Cc2ccccc2)C(=O)NC2CCCCC2)c2ccc(C)c(C)c2)cc1. The van der Waals surface area contributed by atoms with Crippen LogP contribution in [-0.4, -0.2) is 43.8 Å². The molecule has 2 amide bonds. The summed E-state index contributed by atoms with van der Waals surface area (Å²) in [6.07, 6.45) is 5.00. The highest BCUT2D eigenvalue weighted by atomic mass is 32.2. The lowest BCUT2D eigenvalue weighted by Crippen LogP contribution is -2.55. The molecule has 1 aliphatic carbocycles. The van der Waals surface area contributed by atoms with Gasteiger partial charge in [-0.05, 0) is 80.6 Å². The fourth-order valence-corrected chi connectivity index (χ4v) is 7.56. The molecule has 1 N–H and O–H groups in total. The van der Waals surface area contributed by atoms with Crippen molar-refractivity contribution >= 4 is 27.5 Å². The Morgan fingerprint density at radius 3 is 2.17 bits per heavy atom. The topological polar surface area (TPSA) is 86.8 Å². The molecule has 4 aromatic rings. The molecular weight excluding hydrogens is 626 g/mol. The first kappa shape index (κ1) is 34.8. The summed E-state index contributed by atoms with van der Waals surface area (Å²) in [5.41, 5.74) is 4.11. The van der Waals surface area contributed by atoms with Gasteiger partial charge in [-0.1, -0.05) is 91.6 Å². The highest BCUT2D eigenvalue weighted by Gasteiger charge is 2.36. The fourth-order valence-electron chi connectivity index (χ4n) is 6.16. The van der Waals surface area contributed by atoms with Crippen LogP contribution in [0, 0.1) is 26.6 Å². The first-order valence-electron chi connectivity index (χ1n) is 16.6. The number of carbonyl (C=O) groups is 2. The molecule has 0 heterocycles. The van der Waals surface area contributed by atoms with Crippen molar-refractivity contribution in [1.82, 2.24) is 10.2 Å². The van der Waals surface area contributed by atoms with Gasteiger partial charge in [0.1, 0.15) is 18.4 Å². The van der Waals surface area contributed by atoms with E-state index in [2.05, 4.69) is 5.32 Å². The summed E-state index contributed by atoms with van der Waals surface area (Å²) in [7, 11) is -4.23. The van der Waals surface area contributed by atoms with Crippen molar-refractivity contribution < 1.29 is 22.4 Å². The zero-order chi connectivity index (χ0) is 34.3. The number of hydrogen-bond acceptors (Lipinski definition) is 4. The van der Waals surface area contributed by atoms with Gasteiger partial charge >= 0.3 is 0 Å². The normalized spacial score (nSPS) is 14.2. The number of aryl methyl sites for hydroxylation is 3. The van der Waals surface area contributed by atoms with Crippen molar-refractivity contribution in [2.75, 3.05) is 10.8 Å². The van der Waals surface area contributed by atoms with Crippen LogP contribution < -0.4 is 9.62 Å². The number of rotatable bonds is 12.